The quantitative estimate of drug-likeness (QED) is 0.889. The fourth-order valence-corrected chi connectivity index (χ4v) is 3.08. The first kappa shape index (κ1) is 15.5. The van der Waals surface area contributed by atoms with Crippen molar-refractivity contribution in [1.29, 1.82) is 0 Å². The number of hydrogen-bond acceptors (Lipinski definition) is 4. The molecule has 0 aliphatic rings. The highest BCUT2D eigenvalue weighted by Crippen LogP contribution is 2.29. The lowest BCUT2D eigenvalue weighted by Crippen LogP contribution is -2.40. The third-order valence-electron chi connectivity index (χ3n) is 3.52. The SMILES string of the molecule is CC(CN)(Nc1ccccc1S(C)(=O)=O)c1ccccc1. The van der Waals surface area contributed by atoms with Gasteiger partial charge in [-0.1, -0.05) is 42.5 Å². The Hall–Kier alpha value is -1.85. The molecule has 2 rings (SSSR count). The molecule has 0 bridgehead atoms. The molecule has 3 N–H and O–H groups in total. The Labute approximate surface area is 125 Å². The van der Waals surface area contributed by atoms with E-state index in [0.717, 1.165) is 5.56 Å². The zero-order valence-corrected chi connectivity index (χ0v) is 13.0. The maximum Gasteiger partial charge on any atom is 0.177 e. The van der Waals surface area contributed by atoms with Gasteiger partial charge in [0.25, 0.3) is 0 Å². The van der Waals surface area contributed by atoms with Crippen molar-refractivity contribution in [3.8, 4) is 0 Å². The Bertz CT molecular complexity index is 714. The van der Waals surface area contributed by atoms with Crippen molar-refractivity contribution in [1.82, 2.24) is 0 Å². The number of benzene rings is 2. The number of anilines is 1. The van der Waals surface area contributed by atoms with E-state index in [-0.39, 0.29) is 4.90 Å². The highest BCUT2D eigenvalue weighted by Gasteiger charge is 2.26. The van der Waals surface area contributed by atoms with Crippen LogP contribution < -0.4 is 11.1 Å². The fourth-order valence-electron chi connectivity index (χ4n) is 2.24. The third-order valence-corrected chi connectivity index (χ3v) is 4.67. The van der Waals surface area contributed by atoms with Crippen molar-refractivity contribution in [2.75, 3.05) is 18.1 Å². The van der Waals surface area contributed by atoms with E-state index in [1.807, 2.05) is 37.3 Å². The molecule has 0 aliphatic heterocycles. The number of sulfone groups is 1. The summed E-state index contributed by atoms with van der Waals surface area (Å²) in [6.07, 6.45) is 1.20. The summed E-state index contributed by atoms with van der Waals surface area (Å²) in [6.45, 7) is 2.30. The van der Waals surface area contributed by atoms with Gasteiger partial charge in [-0.25, -0.2) is 8.42 Å². The highest BCUT2D eigenvalue weighted by molar-refractivity contribution is 7.90. The Morgan fingerprint density at radius 1 is 1.05 bits per heavy atom. The maximum absolute atomic E-state index is 11.9. The van der Waals surface area contributed by atoms with Crippen LogP contribution in [0.2, 0.25) is 0 Å². The summed E-state index contributed by atoms with van der Waals surface area (Å²) in [4.78, 5) is 0.278. The first-order chi connectivity index (χ1) is 9.87. The van der Waals surface area contributed by atoms with Crippen LogP contribution in [0.25, 0.3) is 0 Å². The van der Waals surface area contributed by atoms with Crippen LogP contribution in [0.1, 0.15) is 12.5 Å². The number of hydrogen-bond donors (Lipinski definition) is 2. The summed E-state index contributed by atoms with van der Waals surface area (Å²) in [5, 5.41) is 3.29. The zero-order valence-electron chi connectivity index (χ0n) is 12.2. The molecule has 0 spiro atoms. The molecule has 112 valence electrons. The lowest BCUT2D eigenvalue weighted by atomic mass is 9.92. The van der Waals surface area contributed by atoms with Gasteiger partial charge in [-0.2, -0.15) is 0 Å². The molecule has 0 amide bonds. The van der Waals surface area contributed by atoms with E-state index >= 15 is 0 Å². The van der Waals surface area contributed by atoms with E-state index in [0.29, 0.717) is 12.2 Å². The average Bonchev–Trinajstić information content (AvgIpc) is 2.47. The first-order valence-electron chi connectivity index (χ1n) is 6.70. The molecular weight excluding hydrogens is 284 g/mol. The summed E-state index contributed by atoms with van der Waals surface area (Å²) >= 11 is 0. The predicted octanol–water partition coefficient (Wildman–Crippen LogP) is 2.38. The molecule has 0 saturated carbocycles. The van der Waals surface area contributed by atoms with Crippen LogP contribution in [0.5, 0.6) is 0 Å². The molecule has 0 saturated heterocycles. The highest BCUT2D eigenvalue weighted by atomic mass is 32.2. The second-order valence-electron chi connectivity index (χ2n) is 5.30. The summed E-state index contributed by atoms with van der Waals surface area (Å²) in [6, 6.07) is 16.6. The van der Waals surface area contributed by atoms with Crippen LogP contribution >= 0.6 is 0 Å². The molecule has 2 aromatic rings. The standard InChI is InChI=1S/C16H20N2O2S/c1-16(12-17,13-8-4-3-5-9-13)18-14-10-6-7-11-15(14)21(2,19)20/h3-11,18H,12,17H2,1-2H3. The smallest absolute Gasteiger partial charge is 0.177 e. The maximum atomic E-state index is 11.9. The predicted molar refractivity (Wildman–Crippen MR) is 86.0 cm³/mol. The van der Waals surface area contributed by atoms with Crippen molar-refractivity contribution in [2.45, 2.75) is 17.4 Å². The van der Waals surface area contributed by atoms with Crippen molar-refractivity contribution < 1.29 is 8.42 Å². The summed E-state index contributed by atoms with van der Waals surface area (Å²) in [5.74, 6) is 0. The molecular formula is C16H20N2O2S. The molecule has 2 aromatic carbocycles. The van der Waals surface area contributed by atoms with Gasteiger partial charge in [-0.05, 0) is 24.6 Å². The van der Waals surface area contributed by atoms with Gasteiger partial charge in [0.2, 0.25) is 0 Å². The van der Waals surface area contributed by atoms with Gasteiger partial charge >= 0.3 is 0 Å². The molecule has 0 radical (unpaired) electrons. The molecule has 4 nitrogen and oxygen atoms in total. The van der Waals surface area contributed by atoms with Gasteiger partial charge in [0.1, 0.15) is 0 Å². The van der Waals surface area contributed by atoms with E-state index in [2.05, 4.69) is 5.32 Å². The van der Waals surface area contributed by atoms with Crippen LogP contribution in [0.15, 0.2) is 59.5 Å². The lowest BCUT2D eigenvalue weighted by molar-refractivity contribution is 0.554. The van der Waals surface area contributed by atoms with E-state index in [9.17, 15) is 8.42 Å². The largest absolute Gasteiger partial charge is 0.373 e. The summed E-state index contributed by atoms with van der Waals surface area (Å²) in [7, 11) is -3.30. The van der Waals surface area contributed by atoms with Gasteiger partial charge in [0, 0.05) is 12.8 Å². The topological polar surface area (TPSA) is 72.2 Å². The van der Waals surface area contributed by atoms with Crippen molar-refractivity contribution in [3.05, 3.63) is 60.2 Å². The molecule has 1 atom stereocenters. The summed E-state index contributed by atoms with van der Waals surface area (Å²) < 4.78 is 23.8. The Kier molecular flexibility index (Phi) is 4.34. The second kappa shape index (κ2) is 5.87. The first-order valence-corrected chi connectivity index (χ1v) is 8.59. The van der Waals surface area contributed by atoms with Crippen LogP contribution in [-0.2, 0) is 15.4 Å². The van der Waals surface area contributed by atoms with Gasteiger partial charge in [-0.15, -0.1) is 0 Å². The third kappa shape index (κ3) is 3.43. The molecule has 0 aromatic heterocycles. The van der Waals surface area contributed by atoms with Crippen LogP contribution in [0.4, 0.5) is 5.69 Å². The van der Waals surface area contributed by atoms with Gasteiger partial charge < -0.3 is 11.1 Å². The van der Waals surface area contributed by atoms with Crippen molar-refractivity contribution in [3.63, 3.8) is 0 Å². The molecule has 0 aliphatic carbocycles. The second-order valence-corrected chi connectivity index (χ2v) is 7.28. The van der Waals surface area contributed by atoms with Gasteiger partial charge in [0.15, 0.2) is 9.84 Å². The van der Waals surface area contributed by atoms with E-state index in [4.69, 9.17) is 5.73 Å². The monoisotopic (exact) mass is 304 g/mol. The number of para-hydroxylation sites is 1. The van der Waals surface area contributed by atoms with Crippen LogP contribution in [0, 0.1) is 0 Å². The van der Waals surface area contributed by atoms with Crippen LogP contribution in [0.3, 0.4) is 0 Å². The lowest BCUT2D eigenvalue weighted by Gasteiger charge is -2.32. The normalized spacial score (nSPS) is 14.4. The molecule has 0 heterocycles. The summed E-state index contributed by atoms with van der Waals surface area (Å²) in [5.41, 5.74) is 6.97. The Morgan fingerprint density at radius 2 is 1.62 bits per heavy atom. The number of nitrogens with one attached hydrogen (secondary N) is 1. The van der Waals surface area contributed by atoms with Gasteiger partial charge in [-0.3, -0.25) is 0 Å². The average molecular weight is 304 g/mol. The fraction of sp³-hybridized carbons (Fsp3) is 0.250. The number of nitrogens with two attached hydrogens (primary N) is 1. The number of rotatable bonds is 5. The minimum absolute atomic E-state index is 0.278. The van der Waals surface area contributed by atoms with E-state index in [1.165, 1.54) is 6.26 Å². The van der Waals surface area contributed by atoms with Gasteiger partial charge in [0.05, 0.1) is 16.1 Å². The molecule has 1 unspecified atom stereocenters. The molecule has 5 heteroatoms. The van der Waals surface area contributed by atoms with Crippen molar-refractivity contribution >= 4 is 15.5 Å². The zero-order chi connectivity index (χ0) is 15.5. The minimum atomic E-state index is -3.30. The Morgan fingerprint density at radius 3 is 2.19 bits per heavy atom. The minimum Gasteiger partial charge on any atom is -0.373 e. The van der Waals surface area contributed by atoms with E-state index < -0.39 is 15.4 Å². The van der Waals surface area contributed by atoms with Crippen molar-refractivity contribution in [2.24, 2.45) is 5.73 Å². The van der Waals surface area contributed by atoms with Crippen LogP contribution in [-0.4, -0.2) is 21.2 Å². The molecule has 21 heavy (non-hydrogen) atoms. The molecule has 0 fully saturated rings. The van der Waals surface area contributed by atoms with E-state index in [1.54, 1.807) is 24.3 Å². The Balaban J connectivity index is 2.45.